The Hall–Kier alpha value is -4.68. The van der Waals surface area contributed by atoms with Gasteiger partial charge in [-0.1, -0.05) is 19.1 Å². The fourth-order valence-electron chi connectivity index (χ4n) is 5.22. The number of nitrogens with one attached hydrogen (secondary N) is 1. The first kappa shape index (κ1) is 30.8. The van der Waals surface area contributed by atoms with Gasteiger partial charge >= 0.3 is 6.18 Å². The summed E-state index contributed by atoms with van der Waals surface area (Å²) in [6, 6.07) is 8.40. The van der Waals surface area contributed by atoms with E-state index in [9.17, 15) is 35.9 Å². The summed E-state index contributed by atoms with van der Waals surface area (Å²) in [5.74, 6) is -4.42. The Kier molecular flexibility index (Phi) is 8.49. The van der Waals surface area contributed by atoms with Crippen molar-refractivity contribution in [1.29, 1.82) is 0 Å². The van der Waals surface area contributed by atoms with E-state index in [1.165, 1.54) is 18.3 Å². The molecule has 44 heavy (non-hydrogen) atoms. The Morgan fingerprint density at radius 3 is 2.36 bits per heavy atom. The predicted octanol–water partition coefficient (Wildman–Crippen LogP) is 6.41. The lowest BCUT2D eigenvalue weighted by Gasteiger charge is -2.25. The smallest absolute Gasteiger partial charge is 0.366 e. The summed E-state index contributed by atoms with van der Waals surface area (Å²) < 4.78 is 84.4. The number of carbonyl (C=O) groups excluding carboxylic acids is 2. The molecule has 2 aromatic carbocycles. The van der Waals surface area contributed by atoms with Crippen LogP contribution in [-0.4, -0.2) is 26.6 Å². The standard InChI is InChI=1S/C31H27F6N5O2/c1-2-25(42-26(17-5-6-17)15-27(41-42)31(35,36)37)30(44)40-24(12-16-10-19(32)14-20(33)11-16)28-21(4-3-9-39-28)18-7-8-23(34)22(13-18)29(38)43/h3-4,7-11,13-15,17,24-25H,2,5-6,12H2,1H3,(H2,38,43)(H,40,44). The third-order valence-electron chi connectivity index (χ3n) is 7.43. The summed E-state index contributed by atoms with van der Waals surface area (Å²) in [6.45, 7) is 1.63. The summed E-state index contributed by atoms with van der Waals surface area (Å²) in [4.78, 5) is 30.1. The molecule has 0 aliphatic heterocycles. The number of rotatable bonds is 10. The van der Waals surface area contributed by atoms with Crippen LogP contribution in [-0.2, 0) is 17.4 Å². The van der Waals surface area contributed by atoms with E-state index in [0.717, 1.165) is 28.9 Å². The van der Waals surface area contributed by atoms with E-state index in [1.54, 1.807) is 19.1 Å². The average molecular weight is 616 g/mol. The van der Waals surface area contributed by atoms with Crippen LogP contribution in [0.5, 0.6) is 0 Å². The van der Waals surface area contributed by atoms with Gasteiger partial charge in [0.1, 0.15) is 23.5 Å². The summed E-state index contributed by atoms with van der Waals surface area (Å²) >= 11 is 0. The van der Waals surface area contributed by atoms with E-state index in [2.05, 4.69) is 15.4 Å². The second-order valence-corrected chi connectivity index (χ2v) is 10.6. The van der Waals surface area contributed by atoms with Gasteiger partial charge in [-0.25, -0.2) is 13.2 Å². The molecule has 1 aliphatic rings. The summed E-state index contributed by atoms with van der Waals surface area (Å²) in [7, 11) is 0. The minimum atomic E-state index is -4.71. The topological polar surface area (TPSA) is 103 Å². The van der Waals surface area contributed by atoms with Crippen molar-refractivity contribution in [2.75, 3.05) is 0 Å². The molecule has 0 radical (unpaired) electrons. The van der Waals surface area contributed by atoms with Gasteiger partial charge in [-0.3, -0.25) is 19.3 Å². The van der Waals surface area contributed by atoms with E-state index in [-0.39, 0.29) is 35.6 Å². The van der Waals surface area contributed by atoms with Gasteiger partial charge in [-0.2, -0.15) is 18.3 Å². The van der Waals surface area contributed by atoms with Crippen molar-refractivity contribution in [3.05, 3.63) is 106 Å². The third-order valence-corrected chi connectivity index (χ3v) is 7.43. The molecule has 5 rings (SSSR count). The monoisotopic (exact) mass is 615 g/mol. The molecule has 2 amide bonds. The highest BCUT2D eigenvalue weighted by atomic mass is 19.4. The highest BCUT2D eigenvalue weighted by Crippen LogP contribution is 2.43. The number of pyridine rings is 1. The van der Waals surface area contributed by atoms with E-state index in [1.807, 2.05) is 0 Å². The van der Waals surface area contributed by atoms with Crippen LogP contribution in [0.4, 0.5) is 26.3 Å². The van der Waals surface area contributed by atoms with Gasteiger partial charge in [0.2, 0.25) is 5.91 Å². The molecule has 0 saturated heterocycles. The molecule has 4 aromatic rings. The Morgan fingerprint density at radius 1 is 1.05 bits per heavy atom. The molecule has 2 atom stereocenters. The van der Waals surface area contributed by atoms with Crippen LogP contribution in [0.15, 0.2) is 60.8 Å². The first-order chi connectivity index (χ1) is 20.8. The zero-order valence-electron chi connectivity index (χ0n) is 23.3. The van der Waals surface area contributed by atoms with Gasteiger partial charge in [0.05, 0.1) is 17.3 Å². The molecule has 1 aliphatic carbocycles. The lowest BCUT2D eigenvalue weighted by Crippen LogP contribution is -2.37. The van der Waals surface area contributed by atoms with Crippen molar-refractivity contribution < 1.29 is 35.9 Å². The van der Waals surface area contributed by atoms with Crippen LogP contribution in [0.2, 0.25) is 0 Å². The van der Waals surface area contributed by atoms with Gasteiger partial charge in [0.25, 0.3) is 5.91 Å². The fourth-order valence-corrected chi connectivity index (χ4v) is 5.22. The van der Waals surface area contributed by atoms with Crippen LogP contribution in [0.25, 0.3) is 11.1 Å². The summed E-state index contributed by atoms with van der Waals surface area (Å²) in [5.41, 5.74) is 5.15. The Bertz CT molecular complexity index is 1700. The molecule has 7 nitrogen and oxygen atoms in total. The maximum atomic E-state index is 14.3. The van der Waals surface area contributed by atoms with Gasteiger partial charge in [-0.05, 0) is 73.2 Å². The summed E-state index contributed by atoms with van der Waals surface area (Å²) in [5, 5.41) is 6.57. The zero-order chi connectivity index (χ0) is 31.8. The number of alkyl halides is 3. The van der Waals surface area contributed by atoms with Crippen molar-refractivity contribution in [1.82, 2.24) is 20.1 Å². The highest BCUT2D eigenvalue weighted by molar-refractivity contribution is 5.94. The summed E-state index contributed by atoms with van der Waals surface area (Å²) in [6.07, 6.45) is -2.06. The maximum Gasteiger partial charge on any atom is 0.435 e. The first-order valence-corrected chi connectivity index (χ1v) is 13.8. The second kappa shape index (κ2) is 12.1. The normalized spacial score (nSPS) is 14.7. The first-order valence-electron chi connectivity index (χ1n) is 13.8. The molecule has 2 aromatic heterocycles. The molecular weight excluding hydrogens is 588 g/mol. The van der Waals surface area contributed by atoms with Crippen LogP contribution in [0, 0.1) is 17.5 Å². The number of primary amides is 1. The molecule has 0 bridgehead atoms. The van der Waals surface area contributed by atoms with Crippen LogP contribution in [0.3, 0.4) is 0 Å². The molecule has 2 heterocycles. The molecular formula is C31H27F6N5O2. The maximum absolute atomic E-state index is 14.3. The quantitative estimate of drug-likeness (QED) is 0.201. The highest BCUT2D eigenvalue weighted by Gasteiger charge is 2.40. The fraction of sp³-hybridized carbons (Fsp3) is 0.290. The number of amides is 2. The number of carbonyl (C=O) groups is 2. The Balaban J connectivity index is 1.57. The SMILES string of the molecule is CCC(C(=O)NC(Cc1cc(F)cc(F)c1)c1ncccc1-c1ccc(F)c(C(N)=O)c1)n1nc(C(F)(F)F)cc1C1CC1. The minimum Gasteiger partial charge on any atom is -0.366 e. The number of hydrogen-bond donors (Lipinski definition) is 2. The molecule has 230 valence electrons. The number of nitrogens with zero attached hydrogens (tertiary/aromatic N) is 3. The zero-order valence-corrected chi connectivity index (χ0v) is 23.3. The average Bonchev–Trinajstić information content (AvgIpc) is 3.70. The van der Waals surface area contributed by atoms with Crippen molar-refractivity contribution >= 4 is 11.8 Å². The van der Waals surface area contributed by atoms with Crippen molar-refractivity contribution in [2.45, 2.75) is 56.8 Å². The minimum absolute atomic E-state index is 0.0842. The lowest BCUT2D eigenvalue weighted by atomic mass is 9.94. The van der Waals surface area contributed by atoms with Crippen molar-refractivity contribution in [2.24, 2.45) is 5.73 Å². The van der Waals surface area contributed by atoms with Crippen molar-refractivity contribution in [3.8, 4) is 11.1 Å². The molecule has 2 unspecified atom stereocenters. The van der Waals surface area contributed by atoms with Crippen LogP contribution < -0.4 is 11.1 Å². The van der Waals surface area contributed by atoms with Crippen molar-refractivity contribution in [3.63, 3.8) is 0 Å². The van der Waals surface area contributed by atoms with Gasteiger partial charge < -0.3 is 11.1 Å². The number of nitrogens with two attached hydrogens (primary N) is 1. The number of halogens is 6. The van der Waals surface area contributed by atoms with Crippen LogP contribution in [0.1, 0.15) is 77.2 Å². The number of benzene rings is 2. The van der Waals surface area contributed by atoms with E-state index >= 15 is 0 Å². The third kappa shape index (κ3) is 6.61. The van der Waals surface area contributed by atoms with E-state index < -0.39 is 53.2 Å². The van der Waals surface area contributed by atoms with Gasteiger partial charge in [0.15, 0.2) is 5.69 Å². The molecule has 1 saturated carbocycles. The molecule has 3 N–H and O–H groups in total. The predicted molar refractivity (Wildman–Crippen MR) is 148 cm³/mol. The lowest BCUT2D eigenvalue weighted by molar-refractivity contribution is -0.142. The number of aromatic nitrogens is 3. The molecule has 13 heteroatoms. The van der Waals surface area contributed by atoms with Gasteiger partial charge in [-0.15, -0.1) is 0 Å². The molecule has 1 fully saturated rings. The number of hydrogen-bond acceptors (Lipinski definition) is 4. The van der Waals surface area contributed by atoms with Gasteiger partial charge in [0, 0.05) is 29.4 Å². The molecule has 0 spiro atoms. The Morgan fingerprint density at radius 2 is 1.75 bits per heavy atom. The largest absolute Gasteiger partial charge is 0.435 e. The van der Waals surface area contributed by atoms with Crippen LogP contribution >= 0.6 is 0 Å². The Labute approximate surface area is 248 Å². The van der Waals surface area contributed by atoms with E-state index in [4.69, 9.17) is 5.73 Å². The van der Waals surface area contributed by atoms with E-state index in [0.29, 0.717) is 35.7 Å². The second-order valence-electron chi connectivity index (χ2n) is 10.6.